The van der Waals surface area contributed by atoms with Crippen LogP contribution < -0.4 is 10.6 Å². The van der Waals surface area contributed by atoms with E-state index in [1.165, 1.54) is 0 Å². The van der Waals surface area contributed by atoms with Gasteiger partial charge < -0.3 is 15.7 Å². The van der Waals surface area contributed by atoms with Crippen molar-refractivity contribution < 1.29 is 9.90 Å². The van der Waals surface area contributed by atoms with Crippen LogP contribution in [0, 0.1) is 0 Å². The van der Waals surface area contributed by atoms with Crippen LogP contribution in [-0.4, -0.2) is 35.7 Å². The summed E-state index contributed by atoms with van der Waals surface area (Å²) in [6.45, 7) is 5.42. The molecule has 4 nitrogen and oxygen atoms in total. The number of hydrogen-bond donors (Lipinski definition) is 3. The van der Waals surface area contributed by atoms with Gasteiger partial charge in [-0.3, -0.25) is 4.79 Å². The quantitative estimate of drug-likeness (QED) is 0.589. The topological polar surface area (TPSA) is 61.4 Å². The van der Waals surface area contributed by atoms with Gasteiger partial charge in [0.25, 0.3) is 0 Å². The van der Waals surface area contributed by atoms with E-state index in [0.29, 0.717) is 6.54 Å². The second kappa shape index (κ2) is 6.21. The Kier molecular flexibility index (Phi) is 5.22. The summed E-state index contributed by atoms with van der Waals surface area (Å²) in [5, 5.41) is 15.4. The molecule has 0 aromatic heterocycles. The van der Waals surface area contributed by atoms with E-state index in [2.05, 4.69) is 10.6 Å². The average molecular weight is 228 g/mol. The molecule has 1 amide bonds. The van der Waals surface area contributed by atoms with Gasteiger partial charge in [0.2, 0.25) is 5.91 Å². The number of rotatable bonds is 6. The van der Waals surface area contributed by atoms with Crippen LogP contribution >= 0.6 is 0 Å². The fraction of sp³-hybridized carbons (Fsp3) is 0.917. The molecule has 1 aliphatic heterocycles. The third kappa shape index (κ3) is 3.46. The molecule has 16 heavy (non-hydrogen) atoms. The number of carbonyl (C=O) groups is 1. The van der Waals surface area contributed by atoms with Crippen LogP contribution in [0.5, 0.6) is 0 Å². The van der Waals surface area contributed by atoms with Crippen molar-refractivity contribution in [3.63, 3.8) is 0 Å². The number of carbonyl (C=O) groups excluding carboxylic acids is 1. The van der Waals surface area contributed by atoms with E-state index >= 15 is 0 Å². The Morgan fingerprint density at radius 3 is 2.88 bits per heavy atom. The molecular weight excluding hydrogens is 204 g/mol. The monoisotopic (exact) mass is 228 g/mol. The second-order valence-corrected chi connectivity index (χ2v) is 4.71. The van der Waals surface area contributed by atoms with E-state index in [0.717, 1.165) is 38.6 Å². The molecule has 1 fully saturated rings. The molecule has 1 saturated heterocycles. The molecule has 2 atom stereocenters. The van der Waals surface area contributed by atoms with Gasteiger partial charge in [-0.1, -0.05) is 6.92 Å². The molecule has 94 valence electrons. The Morgan fingerprint density at radius 2 is 2.38 bits per heavy atom. The lowest BCUT2D eigenvalue weighted by molar-refractivity contribution is -0.127. The zero-order valence-electron chi connectivity index (χ0n) is 10.4. The minimum Gasteiger partial charge on any atom is -0.393 e. The summed E-state index contributed by atoms with van der Waals surface area (Å²) >= 11 is 0. The normalized spacial score (nSPS) is 26.7. The van der Waals surface area contributed by atoms with Crippen molar-refractivity contribution in [1.29, 1.82) is 0 Å². The van der Waals surface area contributed by atoms with Gasteiger partial charge in [0.05, 0.1) is 11.6 Å². The van der Waals surface area contributed by atoms with Crippen molar-refractivity contribution in [1.82, 2.24) is 10.6 Å². The number of aliphatic hydroxyl groups is 1. The summed E-state index contributed by atoms with van der Waals surface area (Å²) < 4.78 is 0. The van der Waals surface area contributed by atoms with E-state index in [9.17, 15) is 4.79 Å². The average Bonchev–Trinajstić information content (AvgIpc) is 2.73. The molecule has 1 rings (SSSR count). The lowest BCUT2D eigenvalue weighted by Gasteiger charge is -2.26. The minimum atomic E-state index is -0.329. The molecule has 0 aromatic carbocycles. The van der Waals surface area contributed by atoms with Crippen molar-refractivity contribution in [3.05, 3.63) is 0 Å². The molecule has 4 heteroatoms. The van der Waals surface area contributed by atoms with Gasteiger partial charge in [0.15, 0.2) is 0 Å². The first-order valence-electron chi connectivity index (χ1n) is 6.32. The van der Waals surface area contributed by atoms with Gasteiger partial charge in [-0.2, -0.15) is 0 Å². The van der Waals surface area contributed by atoms with Crippen molar-refractivity contribution in [2.75, 3.05) is 13.1 Å². The largest absolute Gasteiger partial charge is 0.393 e. The highest BCUT2D eigenvalue weighted by atomic mass is 16.3. The Hall–Kier alpha value is -0.610. The number of hydrogen-bond acceptors (Lipinski definition) is 3. The van der Waals surface area contributed by atoms with E-state index in [1.807, 2.05) is 6.92 Å². The van der Waals surface area contributed by atoms with Crippen LogP contribution in [0.2, 0.25) is 0 Å². The Morgan fingerprint density at radius 1 is 1.62 bits per heavy atom. The molecule has 1 heterocycles. The molecule has 2 unspecified atom stereocenters. The lowest BCUT2D eigenvalue weighted by Crippen LogP contribution is -2.53. The highest BCUT2D eigenvalue weighted by Crippen LogP contribution is 2.22. The number of amides is 1. The van der Waals surface area contributed by atoms with Crippen LogP contribution in [0.15, 0.2) is 0 Å². The highest BCUT2D eigenvalue weighted by Gasteiger charge is 2.38. The molecule has 0 aliphatic carbocycles. The first-order valence-corrected chi connectivity index (χ1v) is 6.32. The van der Waals surface area contributed by atoms with Crippen molar-refractivity contribution in [3.8, 4) is 0 Å². The molecule has 0 bridgehead atoms. The summed E-state index contributed by atoms with van der Waals surface area (Å²) in [6, 6.07) is 0. The molecule has 0 aromatic rings. The van der Waals surface area contributed by atoms with Gasteiger partial charge in [0, 0.05) is 6.54 Å². The zero-order valence-corrected chi connectivity index (χ0v) is 10.4. The molecule has 3 N–H and O–H groups in total. The van der Waals surface area contributed by atoms with Gasteiger partial charge in [-0.05, 0) is 45.6 Å². The van der Waals surface area contributed by atoms with Crippen molar-refractivity contribution in [2.45, 2.75) is 57.6 Å². The Labute approximate surface area is 97.8 Å². The molecular formula is C12H24N2O2. The Balaban J connectivity index is 2.28. The SMILES string of the molecule is CCC1(C(=O)NCCCC(C)O)CCCN1. The summed E-state index contributed by atoms with van der Waals surface area (Å²) in [4.78, 5) is 12.0. The van der Waals surface area contributed by atoms with Crippen LogP contribution in [0.3, 0.4) is 0 Å². The van der Waals surface area contributed by atoms with E-state index in [4.69, 9.17) is 5.11 Å². The Bertz CT molecular complexity index is 223. The van der Waals surface area contributed by atoms with Gasteiger partial charge in [-0.15, -0.1) is 0 Å². The second-order valence-electron chi connectivity index (χ2n) is 4.71. The van der Waals surface area contributed by atoms with Gasteiger partial charge in [0.1, 0.15) is 0 Å². The van der Waals surface area contributed by atoms with Crippen molar-refractivity contribution in [2.24, 2.45) is 0 Å². The molecule has 1 aliphatic rings. The maximum atomic E-state index is 12.0. The van der Waals surface area contributed by atoms with Gasteiger partial charge in [-0.25, -0.2) is 0 Å². The predicted molar refractivity (Wildman–Crippen MR) is 64.2 cm³/mol. The fourth-order valence-electron chi connectivity index (χ4n) is 2.23. The summed E-state index contributed by atoms with van der Waals surface area (Å²) in [5.74, 6) is 0.123. The molecule has 0 radical (unpaired) electrons. The van der Waals surface area contributed by atoms with Crippen LogP contribution in [0.25, 0.3) is 0 Å². The number of nitrogens with one attached hydrogen (secondary N) is 2. The maximum Gasteiger partial charge on any atom is 0.240 e. The zero-order chi connectivity index (χ0) is 12.0. The van der Waals surface area contributed by atoms with Crippen LogP contribution in [-0.2, 0) is 4.79 Å². The van der Waals surface area contributed by atoms with Crippen molar-refractivity contribution >= 4 is 5.91 Å². The van der Waals surface area contributed by atoms with Gasteiger partial charge >= 0.3 is 0 Å². The standard InChI is InChI=1S/C12H24N2O2/c1-3-12(7-5-9-14-12)11(16)13-8-4-6-10(2)15/h10,14-15H,3-9H2,1-2H3,(H,13,16). The predicted octanol–water partition coefficient (Wildman–Crippen LogP) is 0.796. The third-order valence-electron chi connectivity index (χ3n) is 3.37. The highest BCUT2D eigenvalue weighted by molar-refractivity contribution is 5.86. The number of aliphatic hydroxyl groups excluding tert-OH is 1. The van der Waals surface area contributed by atoms with E-state index < -0.39 is 0 Å². The maximum absolute atomic E-state index is 12.0. The molecule has 0 saturated carbocycles. The van der Waals surface area contributed by atoms with E-state index in [1.54, 1.807) is 6.92 Å². The fourth-order valence-corrected chi connectivity index (χ4v) is 2.23. The minimum absolute atomic E-state index is 0.123. The lowest BCUT2D eigenvalue weighted by atomic mass is 9.93. The first kappa shape index (κ1) is 13.5. The van der Waals surface area contributed by atoms with Crippen LogP contribution in [0.1, 0.15) is 46.0 Å². The summed E-state index contributed by atoms with van der Waals surface area (Å²) in [5.41, 5.74) is -0.329. The smallest absolute Gasteiger partial charge is 0.240 e. The van der Waals surface area contributed by atoms with Crippen LogP contribution in [0.4, 0.5) is 0 Å². The summed E-state index contributed by atoms with van der Waals surface area (Å²) in [6.07, 6.45) is 4.16. The summed E-state index contributed by atoms with van der Waals surface area (Å²) in [7, 11) is 0. The third-order valence-corrected chi connectivity index (χ3v) is 3.37. The van der Waals surface area contributed by atoms with E-state index in [-0.39, 0.29) is 17.6 Å². The molecule has 0 spiro atoms. The first-order chi connectivity index (χ1) is 7.60.